The van der Waals surface area contributed by atoms with Crippen molar-refractivity contribution >= 4 is 17.5 Å². The van der Waals surface area contributed by atoms with Gasteiger partial charge in [-0.05, 0) is 29.2 Å². The maximum absolute atomic E-state index is 13.0. The molecule has 2 atom stereocenters. The van der Waals surface area contributed by atoms with Gasteiger partial charge in [-0.25, -0.2) is 0 Å². The van der Waals surface area contributed by atoms with Crippen molar-refractivity contribution in [3.63, 3.8) is 0 Å². The number of benzene rings is 3. The summed E-state index contributed by atoms with van der Waals surface area (Å²) in [7, 11) is 0. The monoisotopic (exact) mass is 447 g/mol. The van der Waals surface area contributed by atoms with Crippen molar-refractivity contribution in [2.24, 2.45) is 5.92 Å². The Kier molecular flexibility index (Phi) is 7.94. The molecule has 1 fully saturated rings. The van der Waals surface area contributed by atoms with Crippen LogP contribution in [-0.4, -0.2) is 31.6 Å². The summed E-state index contributed by atoms with van der Waals surface area (Å²) in [6, 6.07) is 28.8. The Balaban J connectivity index is 1.34. The van der Waals surface area contributed by atoms with Crippen LogP contribution >= 0.6 is 11.6 Å². The largest absolute Gasteiger partial charge is 0.355 e. The number of amides is 1. The van der Waals surface area contributed by atoms with E-state index in [-0.39, 0.29) is 23.8 Å². The summed E-state index contributed by atoms with van der Waals surface area (Å²) in [6.45, 7) is 2.84. The van der Waals surface area contributed by atoms with Crippen LogP contribution in [0.15, 0.2) is 84.9 Å². The van der Waals surface area contributed by atoms with Gasteiger partial charge >= 0.3 is 0 Å². The molecule has 1 saturated heterocycles. The Morgan fingerprint density at radius 3 is 2.19 bits per heavy atom. The fourth-order valence-electron chi connectivity index (χ4n) is 4.34. The molecule has 0 unspecified atom stereocenters. The van der Waals surface area contributed by atoms with E-state index in [4.69, 9.17) is 11.6 Å². The predicted molar refractivity (Wildman–Crippen MR) is 131 cm³/mol. The number of hydrogen-bond acceptors (Lipinski definition) is 3. The SMILES string of the molecule is O=C(NCC(c1ccccc1)c1ccccc1)[C@@H]1CNC[C@@H](NCc2ccccc2Cl)C1. The second-order valence-corrected chi connectivity index (χ2v) is 8.79. The smallest absolute Gasteiger partial charge is 0.224 e. The van der Waals surface area contributed by atoms with Crippen molar-refractivity contribution in [3.8, 4) is 0 Å². The molecule has 4 nitrogen and oxygen atoms in total. The van der Waals surface area contributed by atoms with Crippen molar-refractivity contribution in [3.05, 3.63) is 107 Å². The van der Waals surface area contributed by atoms with Crippen LogP contribution in [0.1, 0.15) is 29.0 Å². The molecule has 5 heteroatoms. The average Bonchev–Trinajstić information content (AvgIpc) is 2.85. The number of hydrogen-bond donors (Lipinski definition) is 3. The molecule has 0 bridgehead atoms. The number of nitrogens with one attached hydrogen (secondary N) is 3. The zero-order valence-corrected chi connectivity index (χ0v) is 18.9. The van der Waals surface area contributed by atoms with Crippen LogP contribution in [-0.2, 0) is 11.3 Å². The average molecular weight is 448 g/mol. The molecule has 3 N–H and O–H groups in total. The third-order valence-corrected chi connectivity index (χ3v) is 6.51. The first kappa shape index (κ1) is 22.5. The Morgan fingerprint density at radius 1 is 0.906 bits per heavy atom. The third kappa shape index (κ3) is 5.98. The van der Waals surface area contributed by atoms with Crippen LogP contribution < -0.4 is 16.0 Å². The molecule has 1 aliphatic rings. The Hall–Kier alpha value is -2.66. The first-order valence-electron chi connectivity index (χ1n) is 11.3. The van der Waals surface area contributed by atoms with Crippen LogP contribution in [0.5, 0.6) is 0 Å². The lowest BCUT2D eigenvalue weighted by Crippen LogP contribution is -2.51. The first-order valence-corrected chi connectivity index (χ1v) is 11.6. The zero-order valence-electron chi connectivity index (χ0n) is 18.1. The molecule has 0 radical (unpaired) electrons. The highest BCUT2D eigenvalue weighted by molar-refractivity contribution is 6.31. The van der Waals surface area contributed by atoms with Crippen LogP contribution in [0.2, 0.25) is 5.02 Å². The molecular formula is C27H30ClN3O. The molecule has 4 rings (SSSR count). The van der Waals surface area contributed by atoms with Gasteiger partial charge in [0, 0.05) is 43.2 Å². The maximum Gasteiger partial charge on any atom is 0.224 e. The van der Waals surface area contributed by atoms with E-state index >= 15 is 0 Å². The van der Waals surface area contributed by atoms with Gasteiger partial charge in [0.05, 0.1) is 5.92 Å². The molecule has 0 aromatic heterocycles. The van der Waals surface area contributed by atoms with E-state index in [0.717, 1.165) is 23.6 Å². The zero-order chi connectivity index (χ0) is 22.2. The highest BCUT2D eigenvalue weighted by Gasteiger charge is 2.27. The minimum Gasteiger partial charge on any atom is -0.355 e. The fourth-order valence-corrected chi connectivity index (χ4v) is 4.54. The van der Waals surface area contributed by atoms with E-state index in [1.807, 2.05) is 60.7 Å². The first-order chi connectivity index (χ1) is 15.7. The lowest BCUT2D eigenvalue weighted by molar-refractivity contribution is -0.125. The topological polar surface area (TPSA) is 53.2 Å². The van der Waals surface area contributed by atoms with E-state index in [9.17, 15) is 4.79 Å². The quantitative estimate of drug-likeness (QED) is 0.481. The van der Waals surface area contributed by atoms with Gasteiger partial charge in [0.25, 0.3) is 0 Å². The summed E-state index contributed by atoms with van der Waals surface area (Å²) >= 11 is 6.27. The Labute approximate surface area is 195 Å². The molecule has 3 aromatic carbocycles. The van der Waals surface area contributed by atoms with Gasteiger partial charge in [0.1, 0.15) is 0 Å². The minimum atomic E-state index is -0.0558. The van der Waals surface area contributed by atoms with Crippen molar-refractivity contribution in [2.75, 3.05) is 19.6 Å². The molecule has 32 heavy (non-hydrogen) atoms. The normalized spacial score (nSPS) is 18.4. The van der Waals surface area contributed by atoms with Crippen molar-refractivity contribution in [2.45, 2.75) is 24.9 Å². The highest BCUT2D eigenvalue weighted by atomic mass is 35.5. The number of carbonyl (C=O) groups excluding carboxylic acids is 1. The van der Waals surface area contributed by atoms with Gasteiger partial charge in [0.15, 0.2) is 0 Å². The Bertz CT molecular complexity index is 957. The molecule has 0 aliphatic carbocycles. The van der Waals surface area contributed by atoms with Crippen molar-refractivity contribution in [1.82, 2.24) is 16.0 Å². The van der Waals surface area contributed by atoms with Gasteiger partial charge in [-0.15, -0.1) is 0 Å². The van der Waals surface area contributed by atoms with Gasteiger partial charge in [-0.2, -0.15) is 0 Å². The van der Waals surface area contributed by atoms with Crippen molar-refractivity contribution < 1.29 is 4.79 Å². The van der Waals surface area contributed by atoms with Crippen LogP contribution in [0.3, 0.4) is 0 Å². The predicted octanol–water partition coefficient (Wildman–Crippen LogP) is 4.36. The van der Waals surface area contributed by atoms with Gasteiger partial charge < -0.3 is 16.0 Å². The van der Waals surface area contributed by atoms with Crippen LogP contribution in [0, 0.1) is 5.92 Å². The lowest BCUT2D eigenvalue weighted by atomic mass is 9.90. The summed E-state index contributed by atoms with van der Waals surface area (Å²) in [5.74, 6) is 0.186. The Morgan fingerprint density at radius 2 is 1.53 bits per heavy atom. The molecule has 0 spiro atoms. The van der Waals surface area contributed by atoms with E-state index in [1.165, 1.54) is 11.1 Å². The van der Waals surface area contributed by atoms with Crippen molar-refractivity contribution in [1.29, 1.82) is 0 Å². The molecule has 1 amide bonds. The lowest BCUT2D eigenvalue weighted by Gasteiger charge is -2.30. The molecular weight excluding hydrogens is 418 g/mol. The van der Waals surface area contributed by atoms with E-state index < -0.39 is 0 Å². The number of halogens is 1. The summed E-state index contributed by atoms with van der Waals surface area (Å²) in [5.41, 5.74) is 3.49. The summed E-state index contributed by atoms with van der Waals surface area (Å²) < 4.78 is 0. The number of piperidine rings is 1. The van der Waals surface area contributed by atoms with Crippen LogP contribution in [0.4, 0.5) is 0 Å². The highest BCUT2D eigenvalue weighted by Crippen LogP contribution is 2.24. The standard InChI is InChI=1S/C27H30ClN3O/c28-26-14-8-7-13-22(26)17-30-24-15-23(16-29-18-24)27(32)31-19-25(20-9-3-1-4-10-20)21-11-5-2-6-12-21/h1-14,23-25,29-30H,15-19H2,(H,31,32)/t23-,24-/m0/s1. The second-order valence-electron chi connectivity index (χ2n) is 8.38. The maximum atomic E-state index is 13.0. The summed E-state index contributed by atoms with van der Waals surface area (Å²) in [4.78, 5) is 13.0. The van der Waals surface area contributed by atoms with Gasteiger partial charge in [0.2, 0.25) is 5.91 Å². The summed E-state index contributed by atoms with van der Waals surface area (Å²) in [5, 5.41) is 11.0. The van der Waals surface area contributed by atoms with Gasteiger partial charge in [-0.1, -0.05) is 90.5 Å². The third-order valence-electron chi connectivity index (χ3n) is 6.14. The van der Waals surface area contributed by atoms with Crippen LogP contribution in [0.25, 0.3) is 0 Å². The molecule has 3 aromatic rings. The fraction of sp³-hybridized carbons (Fsp3) is 0.296. The summed E-state index contributed by atoms with van der Waals surface area (Å²) in [6.07, 6.45) is 0.810. The molecule has 166 valence electrons. The molecule has 1 aliphatic heterocycles. The second kappa shape index (κ2) is 11.3. The van der Waals surface area contributed by atoms with E-state index in [2.05, 4.69) is 40.2 Å². The van der Waals surface area contributed by atoms with E-state index in [1.54, 1.807) is 0 Å². The van der Waals surface area contributed by atoms with Gasteiger partial charge in [-0.3, -0.25) is 4.79 Å². The minimum absolute atomic E-state index is 0.0558. The molecule has 1 heterocycles. The number of carbonyl (C=O) groups is 1. The number of rotatable bonds is 8. The molecule has 0 saturated carbocycles. The van der Waals surface area contributed by atoms with E-state index in [0.29, 0.717) is 19.6 Å².